The number of thioether (sulfide) groups is 1. The number of halogens is 1. The van der Waals surface area contributed by atoms with Crippen LogP contribution in [0.5, 0.6) is 0 Å². The Hall–Kier alpha value is -3.40. The van der Waals surface area contributed by atoms with Crippen molar-refractivity contribution in [3.63, 3.8) is 0 Å². The summed E-state index contributed by atoms with van der Waals surface area (Å²) in [7, 11) is 0. The number of aromatic nitrogens is 2. The van der Waals surface area contributed by atoms with Crippen LogP contribution in [0.3, 0.4) is 0 Å². The van der Waals surface area contributed by atoms with E-state index >= 15 is 0 Å². The molecule has 0 amide bonds. The minimum atomic E-state index is 0.0912. The smallest absolute Gasteiger partial charge is 0.143 e. The van der Waals surface area contributed by atoms with Crippen LogP contribution < -0.4 is 5.73 Å². The Morgan fingerprint density at radius 2 is 1.66 bits per heavy atom. The summed E-state index contributed by atoms with van der Waals surface area (Å²) >= 11 is 8.87. The Morgan fingerprint density at radius 3 is 2.31 bits per heavy atom. The van der Waals surface area contributed by atoms with Gasteiger partial charge in [0.05, 0.1) is 11.3 Å². The van der Waals surface area contributed by atoms with E-state index in [9.17, 15) is 10.5 Å². The number of rotatable bonds is 8. The zero-order chi connectivity index (χ0) is 24.8. The van der Waals surface area contributed by atoms with Gasteiger partial charge >= 0.3 is 0 Å². The first-order valence-corrected chi connectivity index (χ1v) is 12.9. The first-order valence-electron chi connectivity index (χ1n) is 10.7. The molecule has 3 N–H and O–H groups in total. The van der Waals surface area contributed by atoms with Crippen LogP contribution in [-0.2, 0) is 12.2 Å². The summed E-state index contributed by atoms with van der Waals surface area (Å²) < 4.78 is 0. The number of thiazole rings is 1. The quantitative estimate of drug-likeness (QED) is 0.272. The van der Waals surface area contributed by atoms with E-state index in [1.54, 1.807) is 0 Å². The molecule has 0 unspecified atom stereocenters. The summed E-state index contributed by atoms with van der Waals surface area (Å²) in [6.07, 6.45) is 1.42. The Kier molecular flexibility index (Phi) is 8.02. The fourth-order valence-corrected chi connectivity index (χ4v) is 5.50. The van der Waals surface area contributed by atoms with Gasteiger partial charge in [0, 0.05) is 33.9 Å². The highest BCUT2D eigenvalue weighted by Gasteiger charge is 2.21. The third-order valence-electron chi connectivity index (χ3n) is 5.28. The van der Waals surface area contributed by atoms with E-state index in [0.717, 1.165) is 33.8 Å². The van der Waals surface area contributed by atoms with E-state index in [1.165, 1.54) is 23.1 Å². The van der Waals surface area contributed by atoms with Gasteiger partial charge in [-0.05, 0) is 36.1 Å². The van der Waals surface area contributed by atoms with E-state index in [-0.39, 0.29) is 18.0 Å². The van der Waals surface area contributed by atoms with Crippen molar-refractivity contribution in [2.45, 2.75) is 23.6 Å². The molecule has 0 aliphatic heterocycles. The maximum Gasteiger partial charge on any atom is 0.143 e. The zero-order valence-electron chi connectivity index (χ0n) is 18.5. The molecule has 4 rings (SSSR count). The predicted molar refractivity (Wildman–Crippen MR) is 141 cm³/mol. The van der Waals surface area contributed by atoms with Crippen molar-refractivity contribution in [2.75, 3.05) is 12.3 Å². The number of aryl methyl sites for hydroxylation is 1. The second-order valence-electron chi connectivity index (χ2n) is 7.61. The fraction of sp³-hybridized carbons (Fsp3) is 0.154. The standard InChI is InChI=1S/C26H20ClN5OS2/c27-19-9-7-18(8-10-19)25-31-20(14-34-25)15-35-26-22(13-29)23(21(12-28)24(30)32-26)17-5-3-16(4-6-17)2-1-11-33/h3-10,14,33H,1-2,11,15H2,(H2,30,32). The Bertz CT molecular complexity index is 1420. The molecule has 0 spiro atoms. The number of pyridine rings is 1. The second kappa shape index (κ2) is 11.4. The molecule has 0 bridgehead atoms. The maximum atomic E-state index is 10.0. The summed E-state index contributed by atoms with van der Waals surface area (Å²) in [6, 6.07) is 19.5. The summed E-state index contributed by atoms with van der Waals surface area (Å²) in [5, 5.41) is 32.8. The third-order valence-corrected chi connectivity index (χ3v) is 7.48. The number of aliphatic hydroxyl groups excluding tert-OH is 1. The van der Waals surface area contributed by atoms with Crippen molar-refractivity contribution >= 4 is 40.5 Å². The van der Waals surface area contributed by atoms with Crippen molar-refractivity contribution < 1.29 is 5.11 Å². The van der Waals surface area contributed by atoms with Gasteiger partial charge < -0.3 is 10.8 Å². The third kappa shape index (κ3) is 5.64. The lowest BCUT2D eigenvalue weighted by Gasteiger charge is -2.13. The average molecular weight is 518 g/mol. The predicted octanol–water partition coefficient (Wildman–Crippen LogP) is 6.07. The van der Waals surface area contributed by atoms with E-state index < -0.39 is 0 Å². The summed E-state index contributed by atoms with van der Waals surface area (Å²) in [4.78, 5) is 9.07. The van der Waals surface area contributed by atoms with Crippen LogP contribution in [0.4, 0.5) is 5.82 Å². The number of nitriles is 2. The summed E-state index contributed by atoms with van der Waals surface area (Å²) in [6.45, 7) is 0.126. The molecule has 0 saturated carbocycles. The largest absolute Gasteiger partial charge is 0.396 e. The molecular weight excluding hydrogens is 498 g/mol. The van der Waals surface area contributed by atoms with Crippen LogP contribution in [0, 0.1) is 22.7 Å². The van der Waals surface area contributed by atoms with Gasteiger partial charge in [-0.1, -0.05) is 59.8 Å². The molecule has 4 aromatic rings. The highest BCUT2D eigenvalue weighted by Crippen LogP contribution is 2.37. The number of benzene rings is 2. The molecular formula is C26H20ClN5OS2. The zero-order valence-corrected chi connectivity index (χ0v) is 20.9. The highest BCUT2D eigenvalue weighted by atomic mass is 35.5. The van der Waals surface area contributed by atoms with E-state index in [0.29, 0.717) is 33.3 Å². The maximum absolute atomic E-state index is 10.0. The molecule has 9 heteroatoms. The van der Waals surface area contributed by atoms with Crippen LogP contribution >= 0.6 is 34.7 Å². The highest BCUT2D eigenvalue weighted by molar-refractivity contribution is 7.98. The van der Waals surface area contributed by atoms with Crippen LogP contribution in [0.2, 0.25) is 5.02 Å². The first-order chi connectivity index (χ1) is 17.0. The van der Waals surface area contributed by atoms with Crippen LogP contribution in [0.1, 0.15) is 28.8 Å². The summed E-state index contributed by atoms with van der Waals surface area (Å²) in [5.74, 6) is 0.588. The van der Waals surface area contributed by atoms with Gasteiger partial charge in [0.1, 0.15) is 33.6 Å². The molecule has 0 aliphatic rings. The van der Waals surface area contributed by atoms with Gasteiger partial charge in [-0.3, -0.25) is 0 Å². The van der Waals surface area contributed by atoms with E-state index in [4.69, 9.17) is 27.4 Å². The molecule has 0 atom stereocenters. The Labute approximate surface area is 216 Å². The van der Waals surface area contributed by atoms with Crippen molar-refractivity contribution in [3.05, 3.63) is 81.3 Å². The summed E-state index contributed by atoms with van der Waals surface area (Å²) in [5.41, 5.74) is 10.8. The molecule has 2 aromatic heterocycles. The Balaban J connectivity index is 1.63. The van der Waals surface area contributed by atoms with Gasteiger partial charge in [-0.15, -0.1) is 11.3 Å². The molecule has 2 aromatic carbocycles. The monoisotopic (exact) mass is 517 g/mol. The lowest BCUT2D eigenvalue weighted by molar-refractivity contribution is 0.288. The second-order valence-corrected chi connectivity index (χ2v) is 9.87. The number of nitrogens with zero attached hydrogens (tertiary/aromatic N) is 4. The number of hydrogen-bond acceptors (Lipinski definition) is 8. The fourth-order valence-electron chi connectivity index (χ4n) is 3.55. The van der Waals surface area contributed by atoms with E-state index in [2.05, 4.69) is 17.1 Å². The van der Waals surface area contributed by atoms with Crippen molar-refractivity contribution in [1.29, 1.82) is 10.5 Å². The topological polar surface area (TPSA) is 120 Å². The lowest BCUT2D eigenvalue weighted by atomic mass is 9.95. The number of aliphatic hydroxyl groups is 1. The minimum Gasteiger partial charge on any atom is -0.396 e. The van der Waals surface area contributed by atoms with Crippen molar-refractivity contribution in [2.24, 2.45) is 0 Å². The number of nitrogen functional groups attached to an aromatic ring is 1. The van der Waals surface area contributed by atoms with Crippen LogP contribution in [0.15, 0.2) is 58.9 Å². The first kappa shape index (κ1) is 24.7. The Morgan fingerprint density at radius 1 is 0.971 bits per heavy atom. The van der Waals surface area contributed by atoms with Crippen LogP contribution in [0.25, 0.3) is 21.7 Å². The molecule has 174 valence electrons. The number of hydrogen-bond donors (Lipinski definition) is 2. The van der Waals surface area contributed by atoms with E-state index in [1.807, 2.05) is 53.9 Å². The molecule has 6 nitrogen and oxygen atoms in total. The van der Waals surface area contributed by atoms with Gasteiger partial charge in [0.25, 0.3) is 0 Å². The SMILES string of the molecule is N#Cc1c(N)nc(SCc2csc(-c3ccc(Cl)cc3)n2)c(C#N)c1-c1ccc(CCCO)cc1. The average Bonchev–Trinajstić information content (AvgIpc) is 3.35. The molecule has 2 heterocycles. The normalized spacial score (nSPS) is 10.6. The lowest BCUT2D eigenvalue weighted by Crippen LogP contribution is -2.03. The van der Waals surface area contributed by atoms with Crippen LogP contribution in [-0.4, -0.2) is 21.7 Å². The molecule has 0 saturated heterocycles. The number of nitrogens with two attached hydrogens (primary N) is 1. The van der Waals surface area contributed by atoms with Gasteiger partial charge in [-0.2, -0.15) is 10.5 Å². The van der Waals surface area contributed by atoms with Gasteiger partial charge in [0.15, 0.2) is 0 Å². The molecule has 35 heavy (non-hydrogen) atoms. The van der Waals surface area contributed by atoms with Gasteiger partial charge in [-0.25, -0.2) is 9.97 Å². The minimum absolute atomic E-state index is 0.0912. The van der Waals surface area contributed by atoms with Gasteiger partial charge in [0.2, 0.25) is 0 Å². The molecule has 0 fully saturated rings. The van der Waals surface area contributed by atoms with Crippen molar-refractivity contribution in [3.8, 4) is 33.8 Å². The van der Waals surface area contributed by atoms with Crippen molar-refractivity contribution in [1.82, 2.24) is 9.97 Å². The molecule has 0 aliphatic carbocycles. The number of anilines is 1. The molecule has 0 radical (unpaired) electrons.